The van der Waals surface area contributed by atoms with Crippen molar-refractivity contribution in [3.8, 4) is 17.1 Å². The number of ketones is 1. The number of aryl methyl sites for hydroxylation is 1. The van der Waals surface area contributed by atoms with Crippen molar-refractivity contribution in [1.29, 1.82) is 0 Å². The number of carbonyl (C=O) groups is 1. The summed E-state index contributed by atoms with van der Waals surface area (Å²) >= 11 is 1.44. The molecule has 1 aromatic heterocycles. The fourth-order valence-electron chi connectivity index (χ4n) is 3.29. The van der Waals surface area contributed by atoms with Crippen LogP contribution in [-0.4, -0.2) is 25.8 Å². The molecule has 3 aromatic rings. The lowest BCUT2D eigenvalue weighted by molar-refractivity contribution is -0.119. The molecule has 0 unspecified atom stereocenters. The summed E-state index contributed by atoms with van der Waals surface area (Å²) in [6.45, 7) is 2.02. The van der Waals surface area contributed by atoms with Gasteiger partial charge in [0.1, 0.15) is 11.6 Å². The highest BCUT2D eigenvalue weighted by molar-refractivity contribution is 8.00. The minimum atomic E-state index is -0.344. The van der Waals surface area contributed by atoms with Crippen molar-refractivity contribution in [2.24, 2.45) is 0 Å². The second kappa shape index (κ2) is 7.64. The molecule has 0 amide bonds. The molecular formula is C21H20FN3OS. The van der Waals surface area contributed by atoms with Crippen molar-refractivity contribution in [2.75, 3.05) is 0 Å². The highest BCUT2D eigenvalue weighted by Gasteiger charge is 2.27. The van der Waals surface area contributed by atoms with Gasteiger partial charge in [-0.1, -0.05) is 48.0 Å². The van der Waals surface area contributed by atoms with Gasteiger partial charge in [0.25, 0.3) is 0 Å². The van der Waals surface area contributed by atoms with Crippen molar-refractivity contribution in [2.45, 2.75) is 43.0 Å². The van der Waals surface area contributed by atoms with E-state index in [9.17, 15) is 9.18 Å². The summed E-state index contributed by atoms with van der Waals surface area (Å²) in [5.74, 6) is 0.364. The van der Waals surface area contributed by atoms with Crippen LogP contribution in [0.4, 0.5) is 4.39 Å². The number of rotatable bonds is 4. The van der Waals surface area contributed by atoms with E-state index in [0.29, 0.717) is 23.0 Å². The average molecular weight is 381 g/mol. The van der Waals surface area contributed by atoms with Crippen LogP contribution < -0.4 is 0 Å². The van der Waals surface area contributed by atoms with Gasteiger partial charge in [-0.05, 0) is 44.0 Å². The van der Waals surface area contributed by atoms with Crippen molar-refractivity contribution in [1.82, 2.24) is 14.8 Å². The number of halogens is 1. The second-order valence-corrected chi connectivity index (χ2v) is 7.95. The molecule has 4 rings (SSSR count). The van der Waals surface area contributed by atoms with E-state index >= 15 is 0 Å². The van der Waals surface area contributed by atoms with Gasteiger partial charge in [-0.3, -0.25) is 9.36 Å². The third-order valence-electron chi connectivity index (χ3n) is 4.79. The maximum atomic E-state index is 14.4. The van der Waals surface area contributed by atoms with Gasteiger partial charge in [-0.2, -0.15) is 0 Å². The zero-order valence-corrected chi connectivity index (χ0v) is 15.9. The lowest BCUT2D eigenvalue weighted by atomic mass is 9.99. The molecular weight excluding hydrogens is 361 g/mol. The first kappa shape index (κ1) is 17.9. The molecule has 0 aliphatic heterocycles. The Morgan fingerprint density at radius 2 is 1.85 bits per heavy atom. The highest BCUT2D eigenvalue weighted by atomic mass is 32.2. The second-order valence-electron chi connectivity index (χ2n) is 6.78. The number of Topliss-reactive ketones (excluding diaryl/α,β-unsaturated/α-hetero) is 1. The van der Waals surface area contributed by atoms with Crippen LogP contribution in [0, 0.1) is 12.7 Å². The van der Waals surface area contributed by atoms with Gasteiger partial charge >= 0.3 is 0 Å². The predicted octanol–water partition coefficient (Wildman–Crippen LogP) is 4.99. The van der Waals surface area contributed by atoms with Gasteiger partial charge in [0.2, 0.25) is 0 Å². The summed E-state index contributed by atoms with van der Waals surface area (Å²) in [6, 6.07) is 14.5. The summed E-state index contributed by atoms with van der Waals surface area (Å²) < 4.78 is 16.3. The summed E-state index contributed by atoms with van der Waals surface area (Å²) in [7, 11) is 0. The molecule has 1 aliphatic rings. The molecule has 27 heavy (non-hydrogen) atoms. The molecule has 0 spiro atoms. The summed E-state index contributed by atoms with van der Waals surface area (Å²) in [4.78, 5) is 12.3. The predicted molar refractivity (Wildman–Crippen MR) is 105 cm³/mol. The molecule has 1 fully saturated rings. The zero-order chi connectivity index (χ0) is 18.8. The molecule has 0 radical (unpaired) electrons. The summed E-state index contributed by atoms with van der Waals surface area (Å²) in [6.07, 6.45) is 3.47. The molecule has 6 heteroatoms. The maximum absolute atomic E-state index is 14.4. The van der Waals surface area contributed by atoms with Crippen LogP contribution in [-0.2, 0) is 4.79 Å². The smallest absolute Gasteiger partial charge is 0.196 e. The third kappa shape index (κ3) is 3.67. The number of thioether (sulfide) groups is 1. The van der Waals surface area contributed by atoms with Crippen LogP contribution >= 0.6 is 11.8 Å². The molecule has 1 atom stereocenters. The Labute approximate surface area is 161 Å². The molecule has 1 saturated carbocycles. The van der Waals surface area contributed by atoms with Gasteiger partial charge in [-0.15, -0.1) is 10.2 Å². The minimum absolute atomic E-state index is 0.111. The Kier molecular flexibility index (Phi) is 5.07. The Morgan fingerprint density at radius 3 is 2.59 bits per heavy atom. The Morgan fingerprint density at radius 1 is 1.07 bits per heavy atom. The van der Waals surface area contributed by atoms with E-state index in [1.54, 1.807) is 18.2 Å². The topological polar surface area (TPSA) is 47.8 Å². The largest absolute Gasteiger partial charge is 0.298 e. The van der Waals surface area contributed by atoms with Crippen LogP contribution in [0.1, 0.15) is 31.2 Å². The molecule has 4 nitrogen and oxygen atoms in total. The standard InChI is InChI=1S/C21H20FN3OS/c1-14-10-12-15(13-11-14)25-20(16-6-2-3-7-17(16)22)23-24-21(25)27-19-9-5-4-8-18(19)26/h2-3,6-7,10-13,19H,4-5,8-9H2,1H3/t19-/m1/s1. The number of hydrogen-bond donors (Lipinski definition) is 0. The van der Waals surface area contributed by atoms with Gasteiger partial charge in [0, 0.05) is 12.1 Å². The van der Waals surface area contributed by atoms with Crippen molar-refractivity contribution < 1.29 is 9.18 Å². The number of carbonyl (C=O) groups excluding carboxylic acids is 1. The monoisotopic (exact) mass is 381 g/mol. The van der Waals surface area contributed by atoms with Gasteiger partial charge < -0.3 is 0 Å². The SMILES string of the molecule is Cc1ccc(-n2c(S[C@@H]3CCCCC3=O)nnc2-c2ccccc2F)cc1. The van der Waals surface area contributed by atoms with E-state index in [1.165, 1.54) is 17.8 Å². The van der Waals surface area contributed by atoms with E-state index in [2.05, 4.69) is 10.2 Å². The zero-order valence-electron chi connectivity index (χ0n) is 15.1. The Hall–Kier alpha value is -2.47. The van der Waals surface area contributed by atoms with Crippen molar-refractivity contribution in [3.05, 3.63) is 59.9 Å². The molecule has 1 heterocycles. The lowest BCUT2D eigenvalue weighted by Crippen LogP contribution is -2.21. The summed E-state index contributed by atoms with van der Waals surface area (Å²) in [5.41, 5.74) is 2.39. The lowest BCUT2D eigenvalue weighted by Gasteiger charge is -2.20. The molecule has 0 saturated heterocycles. The average Bonchev–Trinajstić information content (AvgIpc) is 3.08. The first-order chi connectivity index (χ1) is 13.1. The minimum Gasteiger partial charge on any atom is -0.298 e. The fraction of sp³-hybridized carbons (Fsp3) is 0.286. The molecule has 138 valence electrons. The van der Waals surface area contributed by atoms with E-state index in [4.69, 9.17) is 0 Å². The Balaban J connectivity index is 1.80. The number of nitrogens with zero attached hydrogens (tertiary/aromatic N) is 3. The van der Waals surface area contributed by atoms with Crippen LogP contribution in [0.15, 0.2) is 53.7 Å². The molecule has 2 aromatic carbocycles. The van der Waals surface area contributed by atoms with Crippen LogP contribution in [0.3, 0.4) is 0 Å². The maximum Gasteiger partial charge on any atom is 0.196 e. The van der Waals surface area contributed by atoms with Crippen LogP contribution in [0.2, 0.25) is 0 Å². The molecule has 0 N–H and O–H groups in total. The van der Waals surface area contributed by atoms with E-state index < -0.39 is 0 Å². The first-order valence-corrected chi connectivity index (χ1v) is 9.98. The quantitative estimate of drug-likeness (QED) is 0.639. The highest BCUT2D eigenvalue weighted by Crippen LogP contribution is 2.35. The van der Waals surface area contributed by atoms with Crippen LogP contribution in [0.25, 0.3) is 17.1 Å². The fourth-order valence-corrected chi connectivity index (χ4v) is 4.47. The Bertz CT molecular complexity index is 968. The van der Waals surface area contributed by atoms with Gasteiger partial charge in [-0.25, -0.2) is 4.39 Å². The normalized spacial score (nSPS) is 17.3. The van der Waals surface area contributed by atoms with E-state index in [0.717, 1.165) is 30.5 Å². The number of benzene rings is 2. The number of aromatic nitrogens is 3. The van der Waals surface area contributed by atoms with E-state index in [1.807, 2.05) is 35.8 Å². The van der Waals surface area contributed by atoms with Crippen LogP contribution in [0.5, 0.6) is 0 Å². The molecule has 1 aliphatic carbocycles. The van der Waals surface area contributed by atoms with Crippen molar-refractivity contribution in [3.63, 3.8) is 0 Å². The number of hydrogen-bond acceptors (Lipinski definition) is 4. The van der Waals surface area contributed by atoms with E-state index in [-0.39, 0.29) is 16.9 Å². The first-order valence-electron chi connectivity index (χ1n) is 9.10. The van der Waals surface area contributed by atoms with Gasteiger partial charge in [0.05, 0.1) is 10.8 Å². The molecule has 0 bridgehead atoms. The van der Waals surface area contributed by atoms with Gasteiger partial charge in [0.15, 0.2) is 11.0 Å². The third-order valence-corrected chi connectivity index (χ3v) is 6.04. The summed E-state index contributed by atoms with van der Waals surface area (Å²) in [5, 5.41) is 9.11. The van der Waals surface area contributed by atoms with Crippen molar-refractivity contribution >= 4 is 17.5 Å².